The highest BCUT2D eigenvalue weighted by Gasteiger charge is 2.31. The van der Waals surface area contributed by atoms with Crippen LogP contribution in [0.25, 0.3) is 0 Å². The maximum Gasteiger partial charge on any atom is 0.306 e. The molecule has 126 valence electrons. The first-order chi connectivity index (χ1) is 11.1. The molecule has 2 aliphatic rings. The SMILES string of the molecule is O=C(O)C1CCC(NCC2CNNC2c2ccccc2F)CC1. The molecule has 0 aromatic heterocycles. The van der Waals surface area contributed by atoms with Gasteiger partial charge >= 0.3 is 5.97 Å². The minimum Gasteiger partial charge on any atom is -0.481 e. The molecule has 3 rings (SSSR count). The highest BCUT2D eigenvalue weighted by molar-refractivity contribution is 5.70. The van der Waals surface area contributed by atoms with Crippen LogP contribution in [-0.4, -0.2) is 30.2 Å². The molecule has 1 saturated carbocycles. The van der Waals surface area contributed by atoms with Crippen molar-refractivity contribution in [2.24, 2.45) is 11.8 Å². The van der Waals surface area contributed by atoms with E-state index in [9.17, 15) is 9.18 Å². The molecule has 2 fully saturated rings. The number of hydrogen-bond donors (Lipinski definition) is 4. The van der Waals surface area contributed by atoms with Crippen molar-refractivity contribution in [1.82, 2.24) is 16.2 Å². The second-order valence-electron chi connectivity index (χ2n) is 6.58. The summed E-state index contributed by atoms with van der Waals surface area (Å²) in [6.07, 6.45) is 3.28. The second kappa shape index (κ2) is 7.38. The van der Waals surface area contributed by atoms with Gasteiger partial charge in [0.1, 0.15) is 5.82 Å². The van der Waals surface area contributed by atoms with Gasteiger partial charge < -0.3 is 10.4 Å². The molecular formula is C17H24FN3O2. The van der Waals surface area contributed by atoms with Crippen LogP contribution in [0.2, 0.25) is 0 Å². The van der Waals surface area contributed by atoms with Crippen LogP contribution in [0.4, 0.5) is 4.39 Å². The normalized spacial score (nSPS) is 31.2. The molecule has 4 N–H and O–H groups in total. The maximum absolute atomic E-state index is 14.0. The maximum atomic E-state index is 14.0. The predicted molar refractivity (Wildman–Crippen MR) is 85.2 cm³/mol. The first-order valence-electron chi connectivity index (χ1n) is 8.34. The van der Waals surface area contributed by atoms with Crippen molar-refractivity contribution < 1.29 is 14.3 Å². The Hall–Kier alpha value is -1.50. The lowest BCUT2D eigenvalue weighted by Gasteiger charge is -2.29. The third-order valence-corrected chi connectivity index (χ3v) is 5.08. The van der Waals surface area contributed by atoms with Crippen molar-refractivity contribution in [3.8, 4) is 0 Å². The Morgan fingerprint density at radius 3 is 2.70 bits per heavy atom. The number of carboxylic acid groups (broad SMARTS) is 1. The standard InChI is InChI=1S/C17H24FN3O2/c18-15-4-2-1-3-14(15)16-12(10-20-21-16)9-19-13-7-5-11(6-8-13)17(22)23/h1-4,11-13,16,19-21H,5-10H2,(H,22,23). The number of benzene rings is 1. The monoisotopic (exact) mass is 321 g/mol. The molecule has 1 aliphatic carbocycles. The van der Waals surface area contributed by atoms with Crippen molar-refractivity contribution in [3.05, 3.63) is 35.6 Å². The van der Waals surface area contributed by atoms with Gasteiger partial charge in [-0.15, -0.1) is 0 Å². The van der Waals surface area contributed by atoms with E-state index in [1.54, 1.807) is 6.07 Å². The van der Waals surface area contributed by atoms with Gasteiger partial charge in [0.2, 0.25) is 0 Å². The van der Waals surface area contributed by atoms with Crippen LogP contribution >= 0.6 is 0 Å². The fourth-order valence-electron chi connectivity index (χ4n) is 3.65. The fraction of sp³-hybridized carbons (Fsp3) is 0.588. The highest BCUT2D eigenvalue weighted by Crippen LogP contribution is 2.28. The first kappa shape index (κ1) is 16.4. The van der Waals surface area contributed by atoms with Crippen molar-refractivity contribution >= 4 is 5.97 Å². The topological polar surface area (TPSA) is 73.4 Å². The lowest BCUT2D eigenvalue weighted by molar-refractivity contribution is -0.142. The van der Waals surface area contributed by atoms with Crippen LogP contribution in [0.15, 0.2) is 24.3 Å². The smallest absolute Gasteiger partial charge is 0.306 e. The van der Waals surface area contributed by atoms with Crippen molar-refractivity contribution in [1.29, 1.82) is 0 Å². The Balaban J connectivity index is 1.52. The Morgan fingerprint density at radius 1 is 1.26 bits per heavy atom. The minimum atomic E-state index is -0.674. The fourth-order valence-corrected chi connectivity index (χ4v) is 3.65. The van der Waals surface area contributed by atoms with Crippen LogP contribution in [0.5, 0.6) is 0 Å². The number of carboxylic acids is 1. The molecule has 0 bridgehead atoms. The van der Waals surface area contributed by atoms with Crippen LogP contribution in [0, 0.1) is 17.7 Å². The average Bonchev–Trinajstić information content (AvgIpc) is 3.02. The molecule has 1 heterocycles. The lowest BCUT2D eigenvalue weighted by Crippen LogP contribution is -2.39. The molecule has 1 aromatic carbocycles. The van der Waals surface area contributed by atoms with E-state index >= 15 is 0 Å². The lowest BCUT2D eigenvalue weighted by atomic mass is 9.85. The van der Waals surface area contributed by atoms with Gasteiger partial charge in [-0.1, -0.05) is 18.2 Å². The molecule has 0 radical (unpaired) electrons. The molecule has 0 amide bonds. The number of nitrogens with one attached hydrogen (secondary N) is 3. The Kier molecular flexibility index (Phi) is 5.25. The quantitative estimate of drug-likeness (QED) is 0.666. The zero-order chi connectivity index (χ0) is 16.2. The predicted octanol–water partition coefficient (Wildman–Crippen LogP) is 1.82. The molecule has 1 saturated heterocycles. The van der Waals surface area contributed by atoms with Gasteiger partial charge in [-0.2, -0.15) is 0 Å². The van der Waals surface area contributed by atoms with Gasteiger partial charge in [0, 0.05) is 30.6 Å². The summed E-state index contributed by atoms with van der Waals surface area (Å²) in [7, 11) is 0. The summed E-state index contributed by atoms with van der Waals surface area (Å²) >= 11 is 0. The Morgan fingerprint density at radius 2 is 2.00 bits per heavy atom. The second-order valence-corrected chi connectivity index (χ2v) is 6.58. The van der Waals surface area contributed by atoms with E-state index in [1.807, 2.05) is 12.1 Å². The van der Waals surface area contributed by atoms with Gasteiger partial charge in [-0.3, -0.25) is 10.2 Å². The number of carbonyl (C=O) groups is 1. The van der Waals surface area contributed by atoms with Crippen molar-refractivity contribution in [2.45, 2.75) is 37.8 Å². The Labute approximate surface area is 135 Å². The van der Waals surface area contributed by atoms with Crippen molar-refractivity contribution in [3.63, 3.8) is 0 Å². The molecule has 0 spiro atoms. The summed E-state index contributed by atoms with van der Waals surface area (Å²) in [5.41, 5.74) is 6.98. The van der Waals surface area contributed by atoms with E-state index in [4.69, 9.17) is 5.11 Å². The molecule has 5 nitrogen and oxygen atoms in total. The van der Waals surface area contributed by atoms with Gasteiger partial charge in [-0.25, -0.2) is 9.82 Å². The van der Waals surface area contributed by atoms with Crippen LogP contribution in [0.1, 0.15) is 37.3 Å². The molecule has 2 unspecified atom stereocenters. The zero-order valence-corrected chi connectivity index (χ0v) is 13.1. The van der Waals surface area contributed by atoms with E-state index < -0.39 is 5.97 Å². The van der Waals surface area contributed by atoms with E-state index in [1.165, 1.54) is 6.07 Å². The summed E-state index contributed by atoms with van der Waals surface area (Å²) in [5, 5.41) is 12.6. The molecule has 23 heavy (non-hydrogen) atoms. The third-order valence-electron chi connectivity index (χ3n) is 5.08. The van der Waals surface area contributed by atoms with E-state index in [0.717, 1.165) is 38.8 Å². The van der Waals surface area contributed by atoms with Crippen molar-refractivity contribution in [2.75, 3.05) is 13.1 Å². The minimum absolute atomic E-state index is 0.0425. The molecule has 1 aromatic rings. The summed E-state index contributed by atoms with van der Waals surface area (Å²) in [6.45, 7) is 1.58. The summed E-state index contributed by atoms with van der Waals surface area (Å²) in [6, 6.07) is 7.20. The highest BCUT2D eigenvalue weighted by atomic mass is 19.1. The van der Waals surface area contributed by atoms with Gasteiger partial charge in [-0.05, 0) is 31.7 Å². The number of hydrazine groups is 1. The summed E-state index contributed by atoms with van der Waals surface area (Å²) in [5.74, 6) is -0.772. The summed E-state index contributed by atoms with van der Waals surface area (Å²) in [4.78, 5) is 11.0. The Bertz CT molecular complexity index is 546. The largest absolute Gasteiger partial charge is 0.481 e. The number of hydrogen-bond acceptors (Lipinski definition) is 4. The van der Waals surface area contributed by atoms with Crippen LogP contribution in [-0.2, 0) is 4.79 Å². The van der Waals surface area contributed by atoms with Gasteiger partial charge in [0.15, 0.2) is 0 Å². The summed E-state index contributed by atoms with van der Waals surface area (Å²) < 4.78 is 14.0. The van der Waals surface area contributed by atoms with Gasteiger partial charge in [0.05, 0.1) is 12.0 Å². The van der Waals surface area contributed by atoms with Crippen LogP contribution in [0.3, 0.4) is 0 Å². The van der Waals surface area contributed by atoms with Crippen LogP contribution < -0.4 is 16.2 Å². The molecular weight excluding hydrogens is 297 g/mol. The number of aliphatic carboxylic acids is 1. The van der Waals surface area contributed by atoms with Gasteiger partial charge in [0.25, 0.3) is 0 Å². The number of rotatable bonds is 5. The van der Waals surface area contributed by atoms with E-state index in [2.05, 4.69) is 16.2 Å². The average molecular weight is 321 g/mol. The molecule has 1 aliphatic heterocycles. The molecule has 6 heteroatoms. The zero-order valence-electron chi connectivity index (χ0n) is 13.1. The third kappa shape index (κ3) is 3.88. The first-order valence-corrected chi connectivity index (χ1v) is 8.34. The molecule has 2 atom stereocenters. The van der Waals surface area contributed by atoms with E-state index in [0.29, 0.717) is 11.6 Å². The van der Waals surface area contributed by atoms with E-state index in [-0.39, 0.29) is 23.7 Å². The number of halogens is 1.